The lowest BCUT2D eigenvalue weighted by atomic mass is 10.1. The lowest BCUT2D eigenvalue weighted by Gasteiger charge is -2.08. The third kappa shape index (κ3) is 3.60. The van der Waals surface area contributed by atoms with Gasteiger partial charge in [-0.1, -0.05) is 35.9 Å². The van der Waals surface area contributed by atoms with Crippen molar-refractivity contribution in [2.45, 2.75) is 26.6 Å². The number of hydrogen-bond acceptors (Lipinski definition) is 2. The highest BCUT2D eigenvalue weighted by Gasteiger charge is 2.39. The van der Waals surface area contributed by atoms with Crippen molar-refractivity contribution >= 4 is 11.5 Å². The zero-order valence-corrected chi connectivity index (χ0v) is 13.9. The zero-order chi connectivity index (χ0) is 18.2. The first-order valence-electron chi connectivity index (χ1n) is 7.94. The number of nitrogens with one attached hydrogen (secondary N) is 1. The van der Waals surface area contributed by atoms with Crippen molar-refractivity contribution < 1.29 is 18.0 Å². The van der Waals surface area contributed by atoms with Gasteiger partial charge in [0.1, 0.15) is 0 Å². The molecule has 0 saturated carbocycles. The Balaban J connectivity index is 1.54. The standard InChI is InChI=1S/C18H18F3N3O/c1-11-10-14(18(19,20)21)23-24(11)9-8-22-17(25)16-12(2)15(16)13-6-4-3-5-7-13/h3-7,10,16H,8-9H2,1-2H3,(H,22,25)/t16-/m1/s1. The third-order valence-electron chi connectivity index (χ3n) is 4.30. The minimum absolute atomic E-state index is 0.128. The maximum absolute atomic E-state index is 12.6. The fourth-order valence-electron chi connectivity index (χ4n) is 2.93. The number of alkyl halides is 3. The summed E-state index contributed by atoms with van der Waals surface area (Å²) < 4.78 is 39.2. The van der Waals surface area contributed by atoms with E-state index in [2.05, 4.69) is 10.4 Å². The number of aromatic nitrogens is 2. The molecule has 0 radical (unpaired) electrons. The van der Waals surface area contributed by atoms with Crippen LogP contribution in [0.1, 0.15) is 23.9 Å². The SMILES string of the molecule is CC1=C(c2ccccc2)[C@@H]1C(=O)NCCn1nc(C(F)(F)F)cc1C. The minimum atomic E-state index is -4.46. The number of hydrogen-bond donors (Lipinski definition) is 1. The smallest absolute Gasteiger partial charge is 0.353 e. The summed E-state index contributed by atoms with van der Waals surface area (Å²) in [4.78, 5) is 12.3. The molecule has 132 valence electrons. The van der Waals surface area contributed by atoms with Gasteiger partial charge in [0.15, 0.2) is 5.69 Å². The second kappa shape index (κ2) is 6.38. The summed E-state index contributed by atoms with van der Waals surface area (Å²) in [5.74, 6) is -0.371. The molecule has 3 rings (SSSR count). The van der Waals surface area contributed by atoms with E-state index in [1.165, 1.54) is 4.68 Å². The summed E-state index contributed by atoms with van der Waals surface area (Å²) >= 11 is 0. The van der Waals surface area contributed by atoms with E-state index in [4.69, 9.17) is 0 Å². The Morgan fingerprint density at radius 3 is 2.52 bits per heavy atom. The van der Waals surface area contributed by atoms with Crippen molar-refractivity contribution in [2.24, 2.45) is 5.92 Å². The molecule has 1 amide bonds. The number of halogens is 3. The monoisotopic (exact) mass is 349 g/mol. The van der Waals surface area contributed by atoms with Crippen molar-refractivity contribution in [2.75, 3.05) is 6.54 Å². The lowest BCUT2D eigenvalue weighted by molar-refractivity contribution is -0.141. The molecule has 0 unspecified atom stereocenters. The van der Waals surface area contributed by atoms with Crippen LogP contribution in [0.25, 0.3) is 5.57 Å². The molecule has 0 bridgehead atoms. The van der Waals surface area contributed by atoms with Crippen molar-refractivity contribution in [1.29, 1.82) is 0 Å². The molecule has 2 aromatic rings. The van der Waals surface area contributed by atoms with Crippen molar-refractivity contribution in [3.8, 4) is 0 Å². The van der Waals surface area contributed by atoms with Crippen LogP contribution in [0, 0.1) is 12.8 Å². The molecule has 1 aromatic carbocycles. The number of nitrogens with zero attached hydrogens (tertiary/aromatic N) is 2. The molecule has 0 saturated heterocycles. The van der Waals surface area contributed by atoms with Gasteiger partial charge in [-0.3, -0.25) is 9.48 Å². The van der Waals surface area contributed by atoms with Crippen LogP contribution >= 0.6 is 0 Å². The van der Waals surface area contributed by atoms with Gasteiger partial charge in [0, 0.05) is 12.2 Å². The van der Waals surface area contributed by atoms with Crippen LogP contribution in [0.4, 0.5) is 13.2 Å². The molecule has 1 aromatic heterocycles. The first kappa shape index (κ1) is 17.3. The largest absolute Gasteiger partial charge is 0.435 e. The van der Waals surface area contributed by atoms with Gasteiger partial charge in [-0.05, 0) is 31.1 Å². The van der Waals surface area contributed by atoms with Gasteiger partial charge in [0.05, 0.1) is 12.5 Å². The minimum Gasteiger partial charge on any atom is -0.353 e. The highest BCUT2D eigenvalue weighted by molar-refractivity contribution is 6.05. The number of amides is 1. The second-order valence-electron chi connectivity index (χ2n) is 6.08. The maximum Gasteiger partial charge on any atom is 0.435 e. The molecule has 1 atom stereocenters. The highest BCUT2D eigenvalue weighted by atomic mass is 19.4. The fraction of sp³-hybridized carbons (Fsp3) is 0.333. The number of carbonyl (C=O) groups is 1. The van der Waals surface area contributed by atoms with Gasteiger partial charge in [0.25, 0.3) is 0 Å². The number of benzene rings is 1. The molecule has 1 N–H and O–H groups in total. The van der Waals surface area contributed by atoms with Gasteiger partial charge in [-0.2, -0.15) is 18.3 Å². The quantitative estimate of drug-likeness (QED) is 0.899. The van der Waals surface area contributed by atoms with Crippen LogP contribution in [-0.2, 0) is 17.5 Å². The molecule has 1 aliphatic carbocycles. The third-order valence-corrected chi connectivity index (χ3v) is 4.30. The first-order chi connectivity index (χ1) is 11.8. The fourth-order valence-corrected chi connectivity index (χ4v) is 2.93. The summed E-state index contributed by atoms with van der Waals surface area (Å²) in [6.07, 6.45) is -4.46. The lowest BCUT2D eigenvalue weighted by Crippen LogP contribution is -2.30. The van der Waals surface area contributed by atoms with E-state index >= 15 is 0 Å². The van der Waals surface area contributed by atoms with Crippen LogP contribution in [0.15, 0.2) is 42.0 Å². The Morgan fingerprint density at radius 2 is 1.92 bits per heavy atom. The van der Waals surface area contributed by atoms with Gasteiger partial charge < -0.3 is 5.32 Å². The molecule has 0 aliphatic heterocycles. The number of aryl methyl sites for hydroxylation is 1. The van der Waals surface area contributed by atoms with Crippen LogP contribution < -0.4 is 5.32 Å². The van der Waals surface area contributed by atoms with Gasteiger partial charge in [-0.15, -0.1) is 0 Å². The highest BCUT2D eigenvalue weighted by Crippen LogP contribution is 2.46. The van der Waals surface area contributed by atoms with E-state index < -0.39 is 11.9 Å². The Kier molecular flexibility index (Phi) is 4.41. The van der Waals surface area contributed by atoms with E-state index in [-0.39, 0.29) is 24.9 Å². The Morgan fingerprint density at radius 1 is 1.24 bits per heavy atom. The van der Waals surface area contributed by atoms with Crippen LogP contribution in [0.3, 0.4) is 0 Å². The summed E-state index contributed by atoms with van der Waals surface area (Å²) in [5.41, 5.74) is 2.57. The van der Waals surface area contributed by atoms with Crippen molar-refractivity contribution in [3.63, 3.8) is 0 Å². The van der Waals surface area contributed by atoms with Crippen LogP contribution in [0.5, 0.6) is 0 Å². The maximum atomic E-state index is 12.6. The average Bonchev–Trinajstić information content (AvgIpc) is 3.08. The van der Waals surface area contributed by atoms with Gasteiger partial charge >= 0.3 is 6.18 Å². The normalized spacial score (nSPS) is 16.9. The Labute approximate surface area is 143 Å². The summed E-state index contributed by atoms with van der Waals surface area (Å²) in [5, 5.41) is 6.32. The number of carbonyl (C=O) groups excluding carboxylic acids is 1. The number of rotatable bonds is 5. The molecule has 1 heterocycles. The molecule has 4 nitrogen and oxygen atoms in total. The average molecular weight is 349 g/mol. The van der Waals surface area contributed by atoms with Crippen LogP contribution in [-0.4, -0.2) is 22.2 Å². The van der Waals surface area contributed by atoms with Crippen molar-refractivity contribution in [3.05, 3.63) is 58.9 Å². The van der Waals surface area contributed by atoms with Gasteiger partial charge in [-0.25, -0.2) is 0 Å². The molecule has 0 fully saturated rings. The van der Waals surface area contributed by atoms with E-state index in [0.717, 1.165) is 22.8 Å². The molecular formula is C18H18F3N3O. The first-order valence-corrected chi connectivity index (χ1v) is 7.94. The summed E-state index contributed by atoms with van der Waals surface area (Å²) in [7, 11) is 0. The summed E-state index contributed by atoms with van der Waals surface area (Å²) in [6.45, 7) is 3.90. The molecule has 0 spiro atoms. The summed E-state index contributed by atoms with van der Waals surface area (Å²) in [6, 6.07) is 10.7. The van der Waals surface area contributed by atoms with Gasteiger partial charge in [0.2, 0.25) is 5.91 Å². The predicted octanol–water partition coefficient (Wildman–Crippen LogP) is 3.43. The molecule has 1 aliphatic rings. The van der Waals surface area contributed by atoms with Crippen molar-refractivity contribution in [1.82, 2.24) is 15.1 Å². The van der Waals surface area contributed by atoms with E-state index in [1.807, 2.05) is 37.3 Å². The predicted molar refractivity (Wildman–Crippen MR) is 87.5 cm³/mol. The van der Waals surface area contributed by atoms with E-state index in [1.54, 1.807) is 6.92 Å². The molecular weight excluding hydrogens is 331 g/mol. The van der Waals surface area contributed by atoms with Crippen LogP contribution in [0.2, 0.25) is 0 Å². The van der Waals surface area contributed by atoms with E-state index in [0.29, 0.717) is 5.69 Å². The Hall–Kier alpha value is -2.57. The topological polar surface area (TPSA) is 46.9 Å². The van der Waals surface area contributed by atoms with E-state index in [9.17, 15) is 18.0 Å². The Bertz CT molecular complexity index is 822. The molecule has 25 heavy (non-hydrogen) atoms. The molecule has 7 heteroatoms. The zero-order valence-electron chi connectivity index (χ0n) is 13.9. The second-order valence-corrected chi connectivity index (χ2v) is 6.08.